The fourth-order valence-corrected chi connectivity index (χ4v) is 2.45. The number of hydrogen-bond donors (Lipinski definition) is 0. The van der Waals surface area contributed by atoms with E-state index in [-0.39, 0.29) is 0 Å². The summed E-state index contributed by atoms with van der Waals surface area (Å²) in [5.41, 5.74) is 0. The number of ether oxygens (including phenoxy) is 1. The van der Waals surface area contributed by atoms with E-state index in [1.165, 1.54) is 23.9 Å². The minimum Gasteiger partial charge on any atom is -0.493 e. The quantitative estimate of drug-likeness (QED) is 0.563. The number of halogens is 3. The lowest BCUT2D eigenvalue weighted by atomic mass is 10.3. The number of benzene rings is 2. The van der Waals surface area contributed by atoms with Crippen molar-refractivity contribution in [2.75, 3.05) is 12.4 Å². The third-order valence-corrected chi connectivity index (χ3v) is 3.86. The first-order valence-electron chi connectivity index (χ1n) is 5.61. The first-order valence-corrected chi connectivity index (χ1v) is 7.39. The van der Waals surface area contributed by atoms with Crippen molar-refractivity contribution in [2.24, 2.45) is 0 Å². The lowest BCUT2D eigenvalue weighted by Gasteiger charge is -2.06. The molecule has 0 aromatic heterocycles. The summed E-state index contributed by atoms with van der Waals surface area (Å²) in [6, 6.07) is 11.1. The fourth-order valence-electron chi connectivity index (χ4n) is 1.43. The second-order valence-corrected chi connectivity index (χ2v) is 5.78. The van der Waals surface area contributed by atoms with Gasteiger partial charge in [0.1, 0.15) is 17.4 Å². The molecule has 0 aliphatic carbocycles. The van der Waals surface area contributed by atoms with Crippen LogP contribution in [-0.2, 0) is 0 Å². The Hall–Kier alpha value is -1.07. The summed E-state index contributed by atoms with van der Waals surface area (Å²) >= 11 is 4.64. The SMILES string of the molecule is Fc1ccc(SCCOc2ccc(Br)cc2)c(F)c1. The van der Waals surface area contributed by atoms with Gasteiger partial charge in [-0.2, -0.15) is 0 Å². The Morgan fingerprint density at radius 3 is 2.47 bits per heavy atom. The van der Waals surface area contributed by atoms with Gasteiger partial charge in [-0.05, 0) is 36.4 Å². The van der Waals surface area contributed by atoms with Crippen LogP contribution in [0.5, 0.6) is 5.75 Å². The molecule has 1 nitrogen and oxygen atoms in total. The molecular formula is C14H11BrF2OS. The smallest absolute Gasteiger partial charge is 0.139 e. The summed E-state index contributed by atoms with van der Waals surface area (Å²) in [5.74, 6) is 0.267. The second-order valence-electron chi connectivity index (χ2n) is 3.73. The fraction of sp³-hybridized carbons (Fsp3) is 0.143. The molecule has 0 heterocycles. The van der Waals surface area contributed by atoms with Gasteiger partial charge in [0.25, 0.3) is 0 Å². The predicted molar refractivity (Wildman–Crippen MR) is 76.7 cm³/mol. The van der Waals surface area contributed by atoms with E-state index in [1.54, 1.807) is 0 Å². The van der Waals surface area contributed by atoms with E-state index in [0.717, 1.165) is 16.3 Å². The Labute approximate surface area is 123 Å². The van der Waals surface area contributed by atoms with Gasteiger partial charge < -0.3 is 4.74 Å². The minimum absolute atomic E-state index is 0.431. The molecule has 0 saturated heterocycles. The molecule has 0 N–H and O–H groups in total. The lowest BCUT2D eigenvalue weighted by molar-refractivity contribution is 0.344. The minimum atomic E-state index is -0.562. The molecule has 0 fully saturated rings. The maximum Gasteiger partial charge on any atom is 0.139 e. The highest BCUT2D eigenvalue weighted by Gasteiger charge is 2.04. The van der Waals surface area contributed by atoms with Gasteiger partial charge in [-0.3, -0.25) is 0 Å². The van der Waals surface area contributed by atoms with Gasteiger partial charge in [-0.1, -0.05) is 15.9 Å². The predicted octanol–water partition coefficient (Wildman–Crippen LogP) is 4.90. The molecule has 0 amide bonds. The molecule has 100 valence electrons. The summed E-state index contributed by atoms with van der Waals surface area (Å²) in [4.78, 5) is 0.431. The molecule has 2 aromatic carbocycles. The molecule has 0 unspecified atom stereocenters. The number of thioether (sulfide) groups is 1. The van der Waals surface area contributed by atoms with Crippen LogP contribution < -0.4 is 4.74 Å². The largest absolute Gasteiger partial charge is 0.493 e. The number of hydrogen-bond acceptors (Lipinski definition) is 2. The Morgan fingerprint density at radius 2 is 1.79 bits per heavy atom. The molecule has 0 aliphatic heterocycles. The van der Waals surface area contributed by atoms with Gasteiger partial charge in [0, 0.05) is 21.2 Å². The van der Waals surface area contributed by atoms with E-state index in [2.05, 4.69) is 15.9 Å². The van der Waals surface area contributed by atoms with Crippen LogP contribution in [0.2, 0.25) is 0 Å². The Balaban J connectivity index is 1.79. The molecule has 0 bridgehead atoms. The molecule has 0 saturated carbocycles. The van der Waals surface area contributed by atoms with E-state index in [9.17, 15) is 8.78 Å². The van der Waals surface area contributed by atoms with Crippen molar-refractivity contribution in [3.63, 3.8) is 0 Å². The average molecular weight is 345 g/mol. The summed E-state index contributed by atoms with van der Waals surface area (Å²) in [7, 11) is 0. The first kappa shape index (κ1) is 14.3. The molecule has 2 aromatic rings. The van der Waals surface area contributed by atoms with Crippen molar-refractivity contribution in [3.05, 3.63) is 58.6 Å². The van der Waals surface area contributed by atoms with E-state index in [4.69, 9.17) is 4.74 Å². The van der Waals surface area contributed by atoms with Crippen LogP contribution in [0.4, 0.5) is 8.78 Å². The second kappa shape index (κ2) is 6.91. The summed E-state index contributed by atoms with van der Waals surface area (Å²) < 4.78 is 32.5. The number of rotatable bonds is 5. The van der Waals surface area contributed by atoms with Gasteiger partial charge >= 0.3 is 0 Å². The monoisotopic (exact) mass is 344 g/mol. The van der Waals surface area contributed by atoms with E-state index in [0.29, 0.717) is 17.3 Å². The third kappa shape index (κ3) is 4.51. The summed E-state index contributed by atoms with van der Waals surface area (Å²) in [6.07, 6.45) is 0. The average Bonchev–Trinajstić information content (AvgIpc) is 2.39. The van der Waals surface area contributed by atoms with Gasteiger partial charge in [-0.25, -0.2) is 8.78 Å². The Kier molecular flexibility index (Phi) is 5.22. The molecule has 5 heteroatoms. The Bertz CT molecular complexity index is 546. The first-order chi connectivity index (χ1) is 9.15. The van der Waals surface area contributed by atoms with Crippen molar-refractivity contribution in [1.29, 1.82) is 0 Å². The molecule has 19 heavy (non-hydrogen) atoms. The molecular weight excluding hydrogens is 334 g/mol. The zero-order valence-corrected chi connectivity index (χ0v) is 12.3. The highest BCUT2D eigenvalue weighted by Crippen LogP contribution is 2.22. The van der Waals surface area contributed by atoms with Crippen LogP contribution in [0.15, 0.2) is 51.8 Å². The molecule has 2 rings (SSSR count). The zero-order chi connectivity index (χ0) is 13.7. The molecule has 0 spiro atoms. The van der Waals surface area contributed by atoms with Gasteiger partial charge in [0.2, 0.25) is 0 Å². The van der Waals surface area contributed by atoms with Crippen LogP contribution in [0.3, 0.4) is 0 Å². The lowest BCUT2D eigenvalue weighted by Crippen LogP contribution is -2.00. The Morgan fingerprint density at radius 1 is 1.05 bits per heavy atom. The third-order valence-electron chi connectivity index (χ3n) is 2.32. The van der Waals surface area contributed by atoms with Crippen LogP contribution in [0.25, 0.3) is 0 Å². The molecule has 0 radical (unpaired) electrons. The standard InChI is InChI=1S/C14H11BrF2OS/c15-10-1-4-12(5-2-10)18-7-8-19-14-6-3-11(16)9-13(14)17/h1-6,9H,7-8H2. The van der Waals surface area contributed by atoms with Crippen LogP contribution in [-0.4, -0.2) is 12.4 Å². The highest BCUT2D eigenvalue weighted by atomic mass is 79.9. The topological polar surface area (TPSA) is 9.23 Å². The van der Waals surface area contributed by atoms with Gasteiger partial charge in [0.05, 0.1) is 6.61 Å². The van der Waals surface area contributed by atoms with Crippen LogP contribution >= 0.6 is 27.7 Å². The van der Waals surface area contributed by atoms with Crippen molar-refractivity contribution >= 4 is 27.7 Å². The van der Waals surface area contributed by atoms with Crippen molar-refractivity contribution < 1.29 is 13.5 Å². The maximum atomic E-state index is 13.3. The van der Waals surface area contributed by atoms with Gasteiger partial charge in [-0.15, -0.1) is 11.8 Å². The van der Waals surface area contributed by atoms with Crippen molar-refractivity contribution in [2.45, 2.75) is 4.90 Å². The molecule has 0 atom stereocenters. The van der Waals surface area contributed by atoms with E-state index >= 15 is 0 Å². The summed E-state index contributed by atoms with van der Waals surface area (Å²) in [6.45, 7) is 0.461. The normalized spacial score (nSPS) is 10.5. The summed E-state index contributed by atoms with van der Waals surface area (Å²) in [5, 5.41) is 0. The van der Waals surface area contributed by atoms with Crippen molar-refractivity contribution in [1.82, 2.24) is 0 Å². The molecule has 0 aliphatic rings. The highest BCUT2D eigenvalue weighted by molar-refractivity contribution is 9.10. The van der Waals surface area contributed by atoms with Crippen LogP contribution in [0, 0.1) is 11.6 Å². The zero-order valence-electron chi connectivity index (χ0n) is 9.91. The van der Waals surface area contributed by atoms with E-state index in [1.807, 2.05) is 24.3 Å². The maximum absolute atomic E-state index is 13.3. The van der Waals surface area contributed by atoms with Gasteiger partial charge in [0.15, 0.2) is 0 Å². The van der Waals surface area contributed by atoms with Crippen molar-refractivity contribution in [3.8, 4) is 5.75 Å². The van der Waals surface area contributed by atoms with E-state index < -0.39 is 11.6 Å². The van der Waals surface area contributed by atoms with Crippen LogP contribution in [0.1, 0.15) is 0 Å².